The highest BCUT2D eigenvalue weighted by Gasteiger charge is 2.20. The third kappa shape index (κ3) is 3.01. The minimum Gasteiger partial charge on any atom is -0.496 e. The van der Waals surface area contributed by atoms with Gasteiger partial charge in [-0.2, -0.15) is 12.6 Å². The van der Waals surface area contributed by atoms with Crippen molar-refractivity contribution in [3.05, 3.63) is 28.8 Å². The van der Waals surface area contributed by atoms with E-state index in [1.54, 1.807) is 18.2 Å². The first kappa shape index (κ1) is 12.6. The molecule has 0 aliphatic rings. The van der Waals surface area contributed by atoms with Crippen LogP contribution in [0.5, 0.6) is 5.75 Å². The summed E-state index contributed by atoms with van der Waals surface area (Å²) in [4.78, 5) is 0. The SMILES string of the molecule is COc1ccc(Cl)cc1C(O)C(O)CS. The lowest BCUT2D eigenvalue weighted by molar-refractivity contribution is 0.0322. The summed E-state index contributed by atoms with van der Waals surface area (Å²) in [6.07, 6.45) is -1.99. The lowest BCUT2D eigenvalue weighted by Crippen LogP contribution is -2.20. The van der Waals surface area contributed by atoms with Crippen LogP contribution in [-0.2, 0) is 0 Å². The molecule has 0 amide bonds. The second-order valence-electron chi connectivity index (χ2n) is 3.08. The Labute approximate surface area is 99.1 Å². The van der Waals surface area contributed by atoms with Gasteiger partial charge in [-0.1, -0.05) is 11.6 Å². The summed E-state index contributed by atoms with van der Waals surface area (Å²) in [5.41, 5.74) is 0.464. The van der Waals surface area contributed by atoms with E-state index in [2.05, 4.69) is 12.6 Å². The zero-order valence-corrected chi connectivity index (χ0v) is 9.87. The van der Waals surface area contributed by atoms with E-state index in [4.69, 9.17) is 16.3 Å². The van der Waals surface area contributed by atoms with Crippen LogP contribution in [-0.4, -0.2) is 29.2 Å². The van der Waals surface area contributed by atoms with Crippen LogP contribution in [0.15, 0.2) is 18.2 Å². The molecule has 0 heterocycles. The summed E-state index contributed by atoms with van der Waals surface area (Å²) < 4.78 is 5.06. The van der Waals surface area contributed by atoms with Crippen molar-refractivity contribution in [2.24, 2.45) is 0 Å². The average Bonchev–Trinajstić information content (AvgIpc) is 2.27. The molecule has 15 heavy (non-hydrogen) atoms. The van der Waals surface area contributed by atoms with E-state index in [0.29, 0.717) is 16.3 Å². The van der Waals surface area contributed by atoms with E-state index in [9.17, 15) is 10.2 Å². The minimum absolute atomic E-state index is 0.164. The van der Waals surface area contributed by atoms with Gasteiger partial charge in [-0.15, -0.1) is 0 Å². The fraction of sp³-hybridized carbons (Fsp3) is 0.400. The first-order valence-electron chi connectivity index (χ1n) is 4.40. The van der Waals surface area contributed by atoms with E-state index in [0.717, 1.165) is 0 Å². The molecule has 0 saturated heterocycles. The molecule has 0 saturated carbocycles. The fourth-order valence-corrected chi connectivity index (χ4v) is 1.62. The van der Waals surface area contributed by atoms with E-state index in [1.165, 1.54) is 7.11 Å². The summed E-state index contributed by atoms with van der Waals surface area (Å²) in [5, 5.41) is 19.7. The van der Waals surface area contributed by atoms with Crippen LogP contribution in [0.4, 0.5) is 0 Å². The van der Waals surface area contributed by atoms with Crippen LogP contribution < -0.4 is 4.74 Å². The summed E-state index contributed by atoms with van der Waals surface area (Å²) >= 11 is 9.71. The van der Waals surface area contributed by atoms with Gasteiger partial charge in [0.25, 0.3) is 0 Å². The number of thiol groups is 1. The third-order valence-corrected chi connectivity index (χ3v) is 2.67. The highest BCUT2D eigenvalue weighted by molar-refractivity contribution is 7.80. The van der Waals surface area contributed by atoms with E-state index in [1.807, 2.05) is 0 Å². The van der Waals surface area contributed by atoms with Gasteiger partial charge in [0.1, 0.15) is 11.9 Å². The van der Waals surface area contributed by atoms with Crippen molar-refractivity contribution < 1.29 is 14.9 Å². The van der Waals surface area contributed by atoms with Crippen molar-refractivity contribution in [1.29, 1.82) is 0 Å². The highest BCUT2D eigenvalue weighted by Crippen LogP contribution is 2.30. The number of aliphatic hydroxyl groups excluding tert-OH is 2. The second kappa shape index (κ2) is 5.61. The lowest BCUT2D eigenvalue weighted by Gasteiger charge is -2.18. The Morgan fingerprint density at radius 1 is 1.47 bits per heavy atom. The Balaban J connectivity index is 3.05. The first-order valence-corrected chi connectivity index (χ1v) is 5.41. The molecule has 0 aliphatic carbocycles. The van der Waals surface area contributed by atoms with Crippen molar-refractivity contribution in [2.75, 3.05) is 12.9 Å². The molecule has 2 atom stereocenters. The molecule has 84 valence electrons. The zero-order valence-electron chi connectivity index (χ0n) is 8.22. The standard InChI is InChI=1S/C10H13ClO3S/c1-14-9-3-2-6(11)4-7(9)10(13)8(12)5-15/h2-4,8,10,12-13,15H,5H2,1H3. The minimum atomic E-state index is -1.05. The Bertz CT molecular complexity index is 332. The van der Waals surface area contributed by atoms with Gasteiger partial charge in [0.2, 0.25) is 0 Å². The monoisotopic (exact) mass is 248 g/mol. The van der Waals surface area contributed by atoms with Crippen molar-refractivity contribution in [2.45, 2.75) is 12.2 Å². The molecule has 0 radical (unpaired) electrons. The van der Waals surface area contributed by atoms with Crippen LogP contribution >= 0.6 is 24.2 Å². The maximum absolute atomic E-state index is 9.79. The summed E-state index contributed by atoms with van der Waals surface area (Å²) in [7, 11) is 1.49. The average molecular weight is 249 g/mol. The number of aliphatic hydroxyl groups is 2. The van der Waals surface area contributed by atoms with Gasteiger partial charge in [-0.05, 0) is 18.2 Å². The Morgan fingerprint density at radius 2 is 2.13 bits per heavy atom. The van der Waals surface area contributed by atoms with Gasteiger partial charge in [0.05, 0.1) is 13.2 Å². The fourth-order valence-electron chi connectivity index (χ4n) is 1.24. The molecule has 1 aromatic rings. The predicted octanol–water partition coefficient (Wildman–Crippen LogP) is 1.67. The molecular weight excluding hydrogens is 236 g/mol. The van der Waals surface area contributed by atoms with Gasteiger partial charge >= 0.3 is 0 Å². The Hall–Kier alpha value is -0.420. The van der Waals surface area contributed by atoms with Crippen LogP contribution in [0.2, 0.25) is 5.02 Å². The summed E-state index contributed by atoms with van der Waals surface area (Å²) in [5.74, 6) is 0.657. The van der Waals surface area contributed by atoms with Gasteiger partial charge in [0.15, 0.2) is 0 Å². The van der Waals surface area contributed by atoms with Crippen molar-refractivity contribution in [3.63, 3.8) is 0 Å². The molecular formula is C10H13ClO3S. The van der Waals surface area contributed by atoms with Crippen LogP contribution in [0.25, 0.3) is 0 Å². The normalized spacial score (nSPS) is 14.7. The molecule has 0 aliphatic heterocycles. The highest BCUT2D eigenvalue weighted by atomic mass is 35.5. The van der Waals surface area contributed by atoms with Crippen LogP contribution in [0, 0.1) is 0 Å². The number of halogens is 1. The van der Waals surface area contributed by atoms with E-state index < -0.39 is 12.2 Å². The van der Waals surface area contributed by atoms with E-state index >= 15 is 0 Å². The number of benzene rings is 1. The van der Waals surface area contributed by atoms with Crippen molar-refractivity contribution in [1.82, 2.24) is 0 Å². The summed E-state index contributed by atoms with van der Waals surface area (Å²) in [6, 6.07) is 4.87. The molecule has 1 rings (SSSR count). The van der Waals surface area contributed by atoms with Crippen LogP contribution in [0.3, 0.4) is 0 Å². The smallest absolute Gasteiger partial charge is 0.124 e. The number of hydrogen-bond acceptors (Lipinski definition) is 4. The molecule has 2 N–H and O–H groups in total. The molecule has 0 fully saturated rings. The molecule has 0 spiro atoms. The van der Waals surface area contributed by atoms with Gasteiger partial charge in [-0.3, -0.25) is 0 Å². The number of rotatable bonds is 4. The lowest BCUT2D eigenvalue weighted by atomic mass is 10.0. The Morgan fingerprint density at radius 3 is 2.67 bits per heavy atom. The van der Waals surface area contributed by atoms with Gasteiger partial charge < -0.3 is 14.9 Å². The maximum atomic E-state index is 9.79. The molecule has 0 bridgehead atoms. The first-order chi connectivity index (χ1) is 7.10. The topological polar surface area (TPSA) is 49.7 Å². The second-order valence-corrected chi connectivity index (χ2v) is 3.88. The third-order valence-electron chi connectivity index (χ3n) is 2.06. The molecule has 3 nitrogen and oxygen atoms in total. The quantitative estimate of drug-likeness (QED) is 0.711. The predicted molar refractivity (Wildman–Crippen MR) is 62.8 cm³/mol. The molecule has 1 aromatic carbocycles. The number of methoxy groups -OCH3 is 1. The van der Waals surface area contributed by atoms with E-state index in [-0.39, 0.29) is 5.75 Å². The number of hydrogen-bond donors (Lipinski definition) is 3. The number of ether oxygens (including phenoxy) is 1. The van der Waals surface area contributed by atoms with Crippen molar-refractivity contribution >= 4 is 24.2 Å². The Kier molecular flexibility index (Phi) is 4.73. The van der Waals surface area contributed by atoms with Crippen molar-refractivity contribution in [3.8, 4) is 5.75 Å². The molecule has 2 unspecified atom stereocenters. The van der Waals surface area contributed by atoms with Gasteiger partial charge in [-0.25, -0.2) is 0 Å². The van der Waals surface area contributed by atoms with Gasteiger partial charge in [0, 0.05) is 16.3 Å². The van der Waals surface area contributed by atoms with Crippen LogP contribution in [0.1, 0.15) is 11.7 Å². The largest absolute Gasteiger partial charge is 0.496 e. The molecule has 5 heteroatoms. The summed E-state index contributed by atoms with van der Waals surface area (Å²) in [6.45, 7) is 0. The maximum Gasteiger partial charge on any atom is 0.124 e. The zero-order chi connectivity index (χ0) is 11.4. The molecule has 0 aromatic heterocycles.